The average Bonchev–Trinajstić information content (AvgIpc) is 2.97. The molecule has 1 amide bonds. The molecule has 110 valence electrons. The molecule has 0 bridgehead atoms. The number of aryl methyl sites for hydroxylation is 1. The molecule has 3 rings (SSSR count). The van der Waals surface area contributed by atoms with E-state index in [4.69, 9.17) is 5.73 Å². The summed E-state index contributed by atoms with van der Waals surface area (Å²) in [7, 11) is 0. The number of piperidine rings is 1. The fourth-order valence-electron chi connectivity index (χ4n) is 2.74. The van der Waals surface area contributed by atoms with Gasteiger partial charge < -0.3 is 10.6 Å². The van der Waals surface area contributed by atoms with Gasteiger partial charge in [-0.1, -0.05) is 23.8 Å². The van der Waals surface area contributed by atoms with Gasteiger partial charge in [0.25, 0.3) is 5.91 Å². The van der Waals surface area contributed by atoms with Crippen LogP contribution in [-0.2, 0) is 0 Å². The number of aromatic amines is 1. The number of hydrogen-bond acceptors (Lipinski definition) is 3. The molecule has 2 aromatic rings. The maximum Gasteiger partial charge on any atom is 0.257 e. The highest BCUT2D eigenvalue weighted by atomic mass is 16.2. The predicted molar refractivity (Wildman–Crippen MR) is 81.9 cm³/mol. The Morgan fingerprint density at radius 1 is 1.38 bits per heavy atom. The molecule has 1 saturated heterocycles. The summed E-state index contributed by atoms with van der Waals surface area (Å²) in [6.07, 6.45) is 3.35. The molecular weight excluding hydrogens is 264 g/mol. The Bertz CT molecular complexity index is 641. The molecular formula is C16H20N4O. The van der Waals surface area contributed by atoms with Gasteiger partial charge in [0.1, 0.15) is 0 Å². The highest BCUT2D eigenvalue weighted by Crippen LogP contribution is 2.24. The van der Waals surface area contributed by atoms with Crippen LogP contribution in [-0.4, -0.2) is 40.1 Å². The summed E-state index contributed by atoms with van der Waals surface area (Å²) >= 11 is 0. The number of amides is 1. The SMILES string of the molecule is Cc1cccc(-c2[nH]ncc2C(=O)N2CCC(N)CC2)c1. The van der Waals surface area contributed by atoms with E-state index in [0.29, 0.717) is 5.56 Å². The van der Waals surface area contributed by atoms with E-state index in [9.17, 15) is 4.79 Å². The van der Waals surface area contributed by atoms with Crippen LogP contribution in [0.15, 0.2) is 30.5 Å². The summed E-state index contributed by atoms with van der Waals surface area (Å²) in [5, 5.41) is 7.02. The lowest BCUT2D eigenvalue weighted by Gasteiger charge is -2.30. The minimum atomic E-state index is 0.0344. The van der Waals surface area contributed by atoms with Crippen molar-refractivity contribution < 1.29 is 4.79 Å². The molecule has 1 aromatic carbocycles. The number of nitrogens with two attached hydrogens (primary N) is 1. The van der Waals surface area contributed by atoms with Crippen LogP contribution in [0.25, 0.3) is 11.3 Å². The van der Waals surface area contributed by atoms with Crippen molar-refractivity contribution >= 4 is 5.91 Å². The van der Waals surface area contributed by atoms with Crippen molar-refractivity contribution in [2.45, 2.75) is 25.8 Å². The minimum Gasteiger partial charge on any atom is -0.338 e. The fraction of sp³-hybridized carbons (Fsp3) is 0.375. The summed E-state index contributed by atoms with van der Waals surface area (Å²) in [6, 6.07) is 8.28. The highest BCUT2D eigenvalue weighted by Gasteiger charge is 2.24. The zero-order valence-corrected chi connectivity index (χ0v) is 12.2. The zero-order valence-electron chi connectivity index (χ0n) is 12.2. The second-order valence-electron chi connectivity index (χ2n) is 5.66. The predicted octanol–water partition coefficient (Wildman–Crippen LogP) is 1.95. The molecule has 0 radical (unpaired) electrons. The minimum absolute atomic E-state index is 0.0344. The van der Waals surface area contributed by atoms with E-state index in [2.05, 4.69) is 16.3 Å². The third kappa shape index (κ3) is 2.83. The quantitative estimate of drug-likeness (QED) is 0.885. The molecule has 1 fully saturated rings. The normalized spacial score (nSPS) is 16.2. The number of rotatable bonds is 2. The smallest absolute Gasteiger partial charge is 0.257 e. The van der Waals surface area contributed by atoms with Crippen LogP contribution in [0.3, 0.4) is 0 Å². The molecule has 2 heterocycles. The summed E-state index contributed by atoms with van der Waals surface area (Å²) < 4.78 is 0. The number of H-pyrrole nitrogens is 1. The van der Waals surface area contributed by atoms with E-state index in [1.807, 2.05) is 30.0 Å². The van der Waals surface area contributed by atoms with Gasteiger partial charge >= 0.3 is 0 Å². The van der Waals surface area contributed by atoms with Crippen molar-refractivity contribution in [3.05, 3.63) is 41.6 Å². The van der Waals surface area contributed by atoms with Crippen LogP contribution in [0, 0.1) is 6.92 Å². The monoisotopic (exact) mass is 284 g/mol. The largest absolute Gasteiger partial charge is 0.338 e. The Morgan fingerprint density at radius 2 is 2.14 bits per heavy atom. The van der Waals surface area contributed by atoms with Gasteiger partial charge in [-0.05, 0) is 25.8 Å². The van der Waals surface area contributed by atoms with Crippen molar-refractivity contribution in [1.82, 2.24) is 15.1 Å². The van der Waals surface area contributed by atoms with Crippen LogP contribution in [0.4, 0.5) is 0 Å². The first-order valence-corrected chi connectivity index (χ1v) is 7.30. The van der Waals surface area contributed by atoms with E-state index < -0.39 is 0 Å². The van der Waals surface area contributed by atoms with Gasteiger partial charge in [-0.2, -0.15) is 5.10 Å². The van der Waals surface area contributed by atoms with Gasteiger partial charge in [-0.25, -0.2) is 0 Å². The van der Waals surface area contributed by atoms with Gasteiger partial charge in [-0.15, -0.1) is 0 Å². The third-order valence-electron chi connectivity index (χ3n) is 4.00. The lowest BCUT2D eigenvalue weighted by atomic mass is 10.0. The standard InChI is InChI=1S/C16H20N4O/c1-11-3-2-4-12(9-11)15-14(10-18-19-15)16(21)20-7-5-13(17)6-8-20/h2-4,9-10,13H,5-8,17H2,1H3,(H,18,19). The molecule has 0 unspecified atom stereocenters. The summed E-state index contributed by atoms with van der Waals surface area (Å²) in [6.45, 7) is 3.48. The average molecular weight is 284 g/mol. The Hall–Kier alpha value is -2.14. The second kappa shape index (κ2) is 5.69. The molecule has 0 atom stereocenters. The Morgan fingerprint density at radius 3 is 2.86 bits per heavy atom. The molecule has 1 aromatic heterocycles. The van der Waals surface area contributed by atoms with Crippen molar-refractivity contribution in [1.29, 1.82) is 0 Å². The van der Waals surface area contributed by atoms with Crippen molar-refractivity contribution in [3.8, 4) is 11.3 Å². The van der Waals surface area contributed by atoms with E-state index >= 15 is 0 Å². The number of nitrogens with zero attached hydrogens (tertiary/aromatic N) is 2. The molecule has 5 heteroatoms. The zero-order chi connectivity index (χ0) is 14.8. The summed E-state index contributed by atoms with van der Waals surface area (Å²) in [5.74, 6) is 0.0344. The molecule has 0 spiro atoms. The fourth-order valence-corrected chi connectivity index (χ4v) is 2.74. The number of carbonyl (C=O) groups excluding carboxylic acids is 1. The van der Waals surface area contributed by atoms with Gasteiger partial charge in [0.2, 0.25) is 0 Å². The van der Waals surface area contributed by atoms with E-state index in [1.54, 1.807) is 6.20 Å². The molecule has 3 N–H and O–H groups in total. The van der Waals surface area contributed by atoms with Crippen molar-refractivity contribution in [2.75, 3.05) is 13.1 Å². The van der Waals surface area contributed by atoms with Crippen LogP contribution in [0.5, 0.6) is 0 Å². The number of nitrogens with one attached hydrogen (secondary N) is 1. The lowest BCUT2D eigenvalue weighted by Crippen LogP contribution is -2.42. The molecule has 5 nitrogen and oxygen atoms in total. The van der Waals surface area contributed by atoms with Gasteiger partial charge in [0.15, 0.2) is 0 Å². The second-order valence-corrected chi connectivity index (χ2v) is 5.66. The summed E-state index contributed by atoms with van der Waals surface area (Å²) in [5.41, 5.74) is 9.47. The number of likely N-dealkylation sites (tertiary alicyclic amines) is 1. The van der Waals surface area contributed by atoms with E-state index in [0.717, 1.165) is 42.8 Å². The van der Waals surface area contributed by atoms with Crippen LogP contribution < -0.4 is 5.73 Å². The van der Waals surface area contributed by atoms with Gasteiger partial charge in [0.05, 0.1) is 17.5 Å². The lowest BCUT2D eigenvalue weighted by molar-refractivity contribution is 0.0715. The van der Waals surface area contributed by atoms with Crippen LogP contribution in [0.2, 0.25) is 0 Å². The summed E-state index contributed by atoms with van der Waals surface area (Å²) in [4.78, 5) is 14.5. The van der Waals surface area contributed by atoms with Crippen molar-refractivity contribution in [2.24, 2.45) is 5.73 Å². The number of carbonyl (C=O) groups is 1. The first-order chi connectivity index (χ1) is 10.1. The van der Waals surface area contributed by atoms with Gasteiger partial charge in [0, 0.05) is 24.7 Å². The molecule has 1 aliphatic rings. The number of benzene rings is 1. The van der Waals surface area contributed by atoms with Crippen LogP contribution in [0.1, 0.15) is 28.8 Å². The maximum atomic E-state index is 12.7. The highest BCUT2D eigenvalue weighted by molar-refractivity contribution is 5.99. The topological polar surface area (TPSA) is 75.0 Å². The Labute approximate surface area is 124 Å². The van der Waals surface area contributed by atoms with E-state index in [-0.39, 0.29) is 11.9 Å². The molecule has 0 saturated carbocycles. The first-order valence-electron chi connectivity index (χ1n) is 7.30. The van der Waals surface area contributed by atoms with Crippen LogP contribution >= 0.6 is 0 Å². The Kier molecular flexibility index (Phi) is 3.75. The molecule has 0 aliphatic carbocycles. The Balaban J connectivity index is 1.87. The maximum absolute atomic E-state index is 12.7. The van der Waals surface area contributed by atoms with E-state index in [1.165, 1.54) is 0 Å². The third-order valence-corrected chi connectivity index (χ3v) is 4.00. The van der Waals surface area contributed by atoms with Gasteiger partial charge in [-0.3, -0.25) is 9.89 Å². The van der Waals surface area contributed by atoms with Crippen molar-refractivity contribution in [3.63, 3.8) is 0 Å². The number of hydrogen-bond donors (Lipinski definition) is 2. The molecule has 21 heavy (non-hydrogen) atoms. The number of aromatic nitrogens is 2. The first kappa shape index (κ1) is 13.8. The molecule has 1 aliphatic heterocycles.